The van der Waals surface area contributed by atoms with E-state index in [1.165, 1.54) is 0 Å². The lowest BCUT2D eigenvalue weighted by Gasteiger charge is -2.41. The van der Waals surface area contributed by atoms with Crippen LogP contribution in [0.1, 0.15) is 0 Å². The van der Waals surface area contributed by atoms with Gasteiger partial charge in [-0.3, -0.25) is 4.79 Å². The number of halogens is 14. The Morgan fingerprint density at radius 1 is 0.500 bits per heavy atom. The molecule has 0 heterocycles. The molecule has 0 aromatic heterocycles. The zero-order valence-electron chi connectivity index (χ0n) is 9.20. The number of carbonyl (C=O) groups is 1. The van der Waals surface area contributed by atoms with E-state index in [9.17, 15) is 66.3 Å². The van der Waals surface area contributed by atoms with Crippen molar-refractivity contribution in [1.29, 1.82) is 0 Å². The number of hydrogen-bond acceptors (Lipinski definition) is 1. The van der Waals surface area contributed by atoms with Crippen molar-refractivity contribution in [2.75, 3.05) is 0 Å². The van der Waals surface area contributed by atoms with Gasteiger partial charge in [0.05, 0.1) is 0 Å². The van der Waals surface area contributed by atoms with Crippen LogP contribution in [0.3, 0.4) is 0 Å². The maximum atomic E-state index is 12.7. The molecule has 0 saturated heterocycles. The first-order chi connectivity index (χ1) is 9.15. The molecule has 0 atom stereocenters. The third kappa shape index (κ3) is 2.68. The van der Waals surface area contributed by atoms with Gasteiger partial charge in [0, 0.05) is 0 Å². The highest BCUT2D eigenvalue weighted by molar-refractivity contribution is 5.92. The van der Waals surface area contributed by atoms with Crippen LogP contribution in [0.4, 0.5) is 61.5 Å². The second-order valence-corrected chi connectivity index (χ2v) is 3.64. The lowest BCUT2D eigenvalue weighted by atomic mass is 9.74. The number of rotatable bonds is 2. The van der Waals surface area contributed by atoms with Crippen LogP contribution in [-0.4, -0.2) is 36.4 Å². The van der Waals surface area contributed by atoms with Crippen LogP contribution in [0.15, 0.2) is 0 Å². The highest BCUT2D eigenvalue weighted by Crippen LogP contribution is 2.64. The summed E-state index contributed by atoms with van der Waals surface area (Å²) >= 11 is 0. The smallest absolute Gasteiger partial charge is 0.288 e. The normalized spacial score (nSPS) is 15.9. The van der Waals surface area contributed by atoms with Crippen molar-refractivity contribution in [3.63, 3.8) is 0 Å². The molecule has 0 radical (unpaired) electrons. The first-order valence-corrected chi connectivity index (χ1v) is 4.35. The molecule has 0 spiro atoms. The summed E-state index contributed by atoms with van der Waals surface area (Å²) in [5.41, 5.74) is -8.02. The molecule has 0 aliphatic rings. The van der Waals surface area contributed by atoms with E-state index in [2.05, 4.69) is 0 Å². The molecular weight excluding hydrogens is 366 g/mol. The molecule has 0 saturated carbocycles. The summed E-state index contributed by atoms with van der Waals surface area (Å²) in [6, 6.07) is 0. The first-order valence-electron chi connectivity index (χ1n) is 4.35. The van der Waals surface area contributed by atoms with Gasteiger partial charge in [-0.25, -0.2) is 0 Å². The van der Waals surface area contributed by atoms with E-state index in [4.69, 9.17) is 0 Å². The summed E-state index contributed by atoms with van der Waals surface area (Å²) < 4.78 is 170. The molecule has 0 N–H and O–H groups in total. The predicted octanol–water partition coefficient (Wildman–Crippen LogP) is 4.43. The standard InChI is InChI=1S/C7F14O/c8-3(9,10)1(22)2(5(13,14)15,6(16,17)18)4(11,12)7(19,20)21. The Balaban J connectivity index is 7.03. The molecule has 0 amide bonds. The molecule has 0 aromatic rings. The molecule has 0 fully saturated rings. The SMILES string of the molecule is O=C(C(F)(F)F)C(C(F)(F)F)(C(F)(F)F)C(F)(F)C(F)(F)F. The van der Waals surface area contributed by atoms with Gasteiger partial charge in [-0.05, 0) is 0 Å². The third-order valence-electron chi connectivity index (χ3n) is 2.28. The highest BCUT2D eigenvalue weighted by atomic mass is 19.4. The van der Waals surface area contributed by atoms with Gasteiger partial charge in [-0.2, -0.15) is 61.5 Å². The zero-order valence-corrected chi connectivity index (χ0v) is 9.20. The monoisotopic (exact) mass is 366 g/mol. The highest BCUT2D eigenvalue weighted by Gasteiger charge is 2.94. The summed E-state index contributed by atoms with van der Waals surface area (Å²) in [6.07, 6.45) is -30.9. The molecule has 0 aliphatic heterocycles. The fraction of sp³-hybridized carbons (Fsp3) is 0.857. The van der Waals surface area contributed by atoms with Gasteiger partial charge in [-0.15, -0.1) is 0 Å². The van der Waals surface area contributed by atoms with Crippen molar-refractivity contribution in [2.45, 2.75) is 30.6 Å². The Morgan fingerprint density at radius 3 is 0.909 bits per heavy atom. The Morgan fingerprint density at radius 2 is 0.773 bits per heavy atom. The minimum Gasteiger partial charge on any atom is -0.288 e. The van der Waals surface area contributed by atoms with Crippen LogP contribution in [0.25, 0.3) is 0 Å². The summed E-state index contributed by atoms with van der Waals surface area (Å²) in [6.45, 7) is 0. The lowest BCUT2D eigenvalue weighted by molar-refractivity contribution is -0.434. The molecule has 0 aromatic carbocycles. The maximum absolute atomic E-state index is 12.7. The number of alkyl halides is 14. The number of Topliss-reactive ketones (excluding diaryl/α,β-unsaturated/α-hetero) is 1. The molecule has 0 bridgehead atoms. The number of carbonyl (C=O) groups excluding carboxylic acids is 1. The van der Waals surface area contributed by atoms with Crippen LogP contribution in [0.2, 0.25) is 0 Å². The minimum absolute atomic E-state index is 5.33. The topological polar surface area (TPSA) is 17.1 Å². The van der Waals surface area contributed by atoms with Crippen molar-refractivity contribution >= 4 is 5.78 Å². The molecule has 1 nitrogen and oxygen atoms in total. The van der Waals surface area contributed by atoms with E-state index in [0.717, 1.165) is 0 Å². The van der Waals surface area contributed by atoms with Crippen molar-refractivity contribution in [2.24, 2.45) is 5.41 Å². The lowest BCUT2D eigenvalue weighted by Crippen LogP contribution is -2.72. The Hall–Kier alpha value is -1.31. The fourth-order valence-corrected chi connectivity index (χ4v) is 1.34. The van der Waals surface area contributed by atoms with E-state index >= 15 is 0 Å². The van der Waals surface area contributed by atoms with E-state index in [1.54, 1.807) is 0 Å². The Kier molecular flexibility index (Phi) is 4.55. The van der Waals surface area contributed by atoms with Gasteiger partial charge in [0.25, 0.3) is 11.2 Å². The predicted molar refractivity (Wildman–Crippen MR) is 36.6 cm³/mol. The summed E-state index contributed by atoms with van der Waals surface area (Å²) in [7, 11) is 0. The second-order valence-electron chi connectivity index (χ2n) is 3.64. The van der Waals surface area contributed by atoms with Crippen LogP contribution in [-0.2, 0) is 4.79 Å². The molecule has 0 aliphatic carbocycles. The fourth-order valence-electron chi connectivity index (χ4n) is 1.34. The summed E-state index contributed by atoms with van der Waals surface area (Å²) in [5.74, 6) is -13.5. The van der Waals surface area contributed by atoms with Gasteiger partial charge in [0.15, 0.2) is 0 Å². The van der Waals surface area contributed by atoms with Crippen LogP contribution < -0.4 is 0 Å². The summed E-state index contributed by atoms with van der Waals surface area (Å²) in [5, 5.41) is 0. The Labute approximate surface area is 109 Å². The Bertz CT molecular complexity index is 416. The maximum Gasteiger partial charge on any atom is 0.455 e. The van der Waals surface area contributed by atoms with Crippen LogP contribution >= 0.6 is 0 Å². The molecule has 132 valence electrons. The first kappa shape index (κ1) is 20.7. The van der Waals surface area contributed by atoms with E-state index in [1.807, 2.05) is 0 Å². The zero-order chi connectivity index (χ0) is 18.6. The average molecular weight is 366 g/mol. The molecule has 15 heteroatoms. The van der Waals surface area contributed by atoms with Crippen LogP contribution in [0, 0.1) is 5.41 Å². The van der Waals surface area contributed by atoms with Crippen molar-refractivity contribution < 1.29 is 66.3 Å². The van der Waals surface area contributed by atoms with Crippen molar-refractivity contribution in [1.82, 2.24) is 0 Å². The largest absolute Gasteiger partial charge is 0.455 e. The number of hydrogen-bond donors (Lipinski definition) is 0. The van der Waals surface area contributed by atoms with E-state index in [-0.39, 0.29) is 0 Å². The minimum atomic E-state index is -8.12. The van der Waals surface area contributed by atoms with E-state index in [0.29, 0.717) is 0 Å². The van der Waals surface area contributed by atoms with Crippen molar-refractivity contribution in [3.05, 3.63) is 0 Å². The molecule has 0 rings (SSSR count). The number of ketones is 1. The quantitative estimate of drug-likeness (QED) is 0.661. The third-order valence-corrected chi connectivity index (χ3v) is 2.28. The van der Waals surface area contributed by atoms with Crippen molar-refractivity contribution in [3.8, 4) is 0 Å². The van der Waals surface area contributed by atoms with Gasteiger partial charge < -0.3 is 0 Å². The van der Waals surface area contributed by atoms with Gasteiger partial charge >= 0.3 is 30.6 Å². The van der Waals surface area contributed by atoms with Gasteiger partial charge in [0.1, 0.15) is 0 Å². The molecular formula is C7F14O. The van der Waals surface area contributed by atoms with Gasteiger partial charge in [0.2, 0.25) is 0 Å². The second kappa shape index (κ2) is 4.84. The van der Waals surface area contributed by atoms with Gasteiger partial charge in [-0.1, -0.05) is 0 Å². The van der Waals surface area contributed by atoms with Crippen LogP contribution in [0.5, 0.6) is 0 Å². The summed E-state index contributed by atoms with van der Waals surface area (Å²) in [4.78, 5) is 10.3. The average Bonchev–Trinajstić information content (AvgIpc) is 2.08. The van der Waals surface area contributed by atoms with E-state index < -0.39 is 41.8 Å². The molecule has 22 heavy (non-hydrogen) atoms. The molecule has 0 unspecified atom stereocenters.